The molecular weight excluding hydrogens is 366 g/mol. The summed E-state index contributed by atoms with van der Waals surface area (Å²) in [6.07, 6.45) is 0. The average Bonchev–Trinajstić information content (AvgIpc) is 2.49. The lowest BCUT2D eigenvalue weighted by molar-refractivity contribution is -0.384. The van der Waals surface area contributed by atoms with Crippen molar-refractivity contribution in [3.8, 4) is 0 Å². The first-order valence-electron chi connectivity index (χ1n) is 6.39. The van der Waals surface area contributed by atoms with Gasteiger partial charge >= 0.3 is 0 Å². The number of aliphatic imine (C=N–C) groups is 1. The quantitative estimate of drug-likeness (QED) is 0.255. The summed E-state index contributed by atoms with van der Waals surface area (Å²) in [6.45, 7) is 0. The lowest BCUT2D eigenvalue weighted by Crippen LogP contribution is -2.18. The Balaban J connectivity index is 2.23. The van der Waals surface area contributed by atoms with Crippen molar-refractivity contribution in [3.63, 3.8) is 0 Å². The van der Waals surface area contributed by atoms with E-state index in [0.717, 1.165) is 14.5 Å². The van der Waals surface area contributed by atoms with Crippen LogP contribution in [0.25, 0.3) is 0 Å². The third kappa shape index (κ3) is 4.57. The second-order valence-corrected chi connectivity index (χ2v) is 6.57. The fourth-order valence-corrected chi connectivity index (χ4v) is 2.66. The van der Waals surface area contributed by atoms with Gasteiger partial charge in [-0.3, -0.25) is 10.1 Å². The van der Waals surface area contributed by atoms with E-state index in [1.807, 2.05) is 43.3 Å². The van der Waals surface area contributed by atoms with Gasteiger partial charge < -0.3 is 4.90 Å². The van der Waals surface area contributed by atoms with Gasteiger partial charge in [0, 0.05) is 35.6 Å². The fourth-order valence-electron chi connectivity index (χ4n) is 1.58. The van der Waals surface area contributed by atoms with Gasteiger partial charge in [0.25, 0.3) is 5.69 Å². The van der Waals surface area contributed by atoms with Crippen molar-refractivity contribution < 1.29 is 4.92 Å². The van der Waals surface area contributed by atoms with E-state index in [1.165, 1.54) is 23.9 Å². The van der Waals surface area contributed by atoms with Gasteiger partial charge in [-0.2, -0.15) is 0 Å². The maximum Gasteiger partial charge on any atom is 0.269 e. The van der Waals surface area contributed by atoms with E-state index in [-0.39, 0.29) is 5.69 Å². The summed E-state index contributed by atoms with van der Waals surface area (Å²) in [5.74, 6) is 0. The molecule has 0 fully saturated rings. The van der Waals surface area contributed by atoms with Crippen LogP contribution in [-0.2, 0) is 0 Å². The first-order chi connectivity index (χ1) is 10.5. The predicted molar refractivity (Wildman–Crippen MR) is 93.9 cm³/mol. The molecule has 0 aromatic heterocycles. The van der Waals surface area contributed by atoms with E-state index < -0.39 is 4.92 Å². The van der Waals surface area contributed by atoms with Gasteiger partial charge in [0.1, 0.15) is 0 Å². The smallest absolute Gasteiger partial charge is 0.269 e. The summed E-state index contributed by atoms with van der Waals surface area (Å²) in [4.78, 5) is 17.8. The number of amidine groups is 1. The van der Waals surface area contributed by atoms with E-state index in [0.29, 0.717) is 5.69 Å². The van der Waals surface area contributed by atoms with Crippen LogP contribution in [-0.4, -0.2) is 29.1 Å². The molecular formula is C15H14BrN3O2S. The summed E-state index contributed by atoms with van der Waals surface area (Å²) in [6, 6.07) is 14.1. The largest absolute Gasteiger partial charge is 0.357 e. The number of nitrogens with zero attached hydrogens (tertiary/aromatic N) is 3. The van der Waals surface area contributed by atoms with Gasteiger partial charge in [-0.25, -0.2) is 4.99 Å². The third-order valence-corrected chi connectivity index (χ3v) is 4.37. The Hall–Kier alpha value is -1.86. The first-order valence-corrected chi connectivity index (χ1v) is 8.00. The number of non-ortho nitro benzene ring substituents is 1. The van der Waals surface area contributed by atoms with Crippen molar-refractivity contribution in [2.24, 2.45) is 4.99 Å². The molecule has 0 aliphatic carbocycles. The second-order valence-electron chi connectivity index (χ2n) is 4.62. The minimum Gasteiger partial charge on any atom is -0.357 e. The monoisotopic (exact) mass is 379 g/mol. The fraction of sp³-hybridized carbons (Fsp3) is 0.133. The standard InChI is InChI=1S/C15H14BrN3O2S/c1-18(2)15(22-14-9-3-11(16)4-10-14)17-12-5-7-13(8-6-12)19(20)21/h3-10H,1-2H3. The molecule has 0 unspecified atom stereocenters. The molecule has 2 aromatic carbocycles. The molecule has 0 heterocycles. The van der Waals surface area contributed by atoms with E-state index in [9.17, 15) is 10.1 Å². The van der Waals surface area contributed by atoms with Crippen LogP contribution in [0.1, 0.15) is 0 Å². The molecule has 7 heteroatoms. The van der Waals surface area contributed by atoms with Crippen LogP contribution >= 0.6 is 27.7 Å². The maximum atomic E-state index is 10.7. The zero-order valence-corrected chi connectivity index (χ0v) is 14.5. The number of thioether (sulfide) groups is 1. The van der Waals surface area contributed by atoms with E-state index >= 15 is 0 Å². The van der Waals surface area contributed by atoms with Gasteiger partial charge in [0.15, 0.2) is 5.17 Å². The second kappa shape index (κ2) is 7.42. The maximum absolute atomic E-state index is 10.7. The molecule has 0 atom stereocenters. The lowest BCUT2D eigenvalue weighted by Gasteiger charge is -2.15. The van der Waals surface area contributed by atoms with Crippen LogP contribution in [0.15, 0.2) is 62.9 Å². The average molecular weight is 380 g/mol. The minimum atomic E-state index is -0.420. The SMILES string of the molecule is CN(C)C(=Nc1ccc([N+](=O)[O-])cc1)Sc1ccc(Br)cc1. The molecule has 2 aromatic rings. The molecule has 0 saturated heterocycles. The molecule has 114 valence electrons. The summed E-state index contributed by atoms with van der Waals surface area (Å²) >= 11 is 4.94. The highest BCUT2D eigenvalue weighted by Crippen LogP contribution is 2.26. The Labute approximate surface area is 141 Å². The summed E-state index contributed by atoms with van der Waals surface area (Å²) in [5.41, 5.74) is 0.741. The Bertz CT molecular complexity index is 685. The number of nitro benzene ring substituents is 1. The number of nitro groups is 1. The number of hydrogen-bond acceptors (Lipinski definition) is 4. The topological polar surface area (TPSA) is 58.7 Å². The van der Waals surface area contributed by atoms with Crippen molar-refractivity contribution in [3.05, 3.63) is 63.1 Å². The number of benzene rings is 2. The molecule has 0 bridgehead atoms. The van der Waals surface area contributed by atoms with Gasteiger partial charge in [-0.1, -0.05) is 27.7 Å². The third-order valence-electron chi connectivity index (χ3n) is 2.69. The molecule has 0 amide bonds. The van der Waals surface area contributed by atoms with Crippen LogP contribution in [0.3, 0.4) is 0 Å². The van der Waals surface area contributed by atoms with Gasteiger partial charge in [-0.15, -0.1) is 0 Å². The van der Waals surface area contributed by atoms with Crippen LogP contribution in [0, 0.1) is 10.1 Å². The van der Waals surface area contributed by atoms with Gasteiger partial charge in [0.2, 0.25) is 0 Å². The minimum absolute atomic E-state index is 0.0610. The van der Waals surface area contributed by atoms with Crippen LogP contribution in [0.2, 0.25) is 0 Å². The number of halogens is 1. The Kier molecular flexibility index (Phi) is 5.57. The van der Waals surface area contributed by atoms with Crippen LogP contribution < -0.4 is 0 Å². The summed E-state index contributed by atoms with van der Waals surface area (Å²) < 4.78 is 1.02. The van der Waals surface area contributed by atoms with E-state index in [1.54, 1.807) is 12.1 Å². The van der Waals surface area contributed by atoms with Crippen molar-refractivity contribution >= 4 is 44.2 Å². The molecule has 0 radical (unpaired) electrons. The summed E-state index contributed by atoms with van der Waals surface area (Å²) in [7, 11) is 3.83. The Morgan fingerprint density at radius 1 is 1.14 bits per heavy atom. The zero-order chi connectivity index (χ0) is 16.1. The highest BCUT2D eigenvalue weighted by Gasteiger charge is 2.08. The Morgan fingerprint density at radius 2 is 1.73 bits per heavy atom. The molecule has 22 heavy (non-hydrogen) atoms. The van der Waals surface area contributed by atoms with Gasteiger partial charge in [0.05, 0.1) is 10.6 Å². The molecule has 2 rings (SSSR count). The summed E-state index contributed by atoms with van der Waals surface area (Å²) in [5, 5.41) is 11.5. The van der Waals surface area contributed by atoms with Gasteiger partial charge in [-0.05, 0) is 36.4 Å². The highest BCUT2D eigenvalue weighted by atomic mass is 79.9. The van der Waals surface area contributed by atoms with E-state index in [2.05, 4.69) is 20.9 Å². The van der Waals surface area contributed by atoms with Crippen molar-refractivity contribution in [2.45, 2.75) is 4.90 Å². The zero-order valence-electron chi connectivity index (χ0n) is 12.1. The molecule has 0 saturated carbocycles. The van der Waals surface area contributed by atoms with Crippen molar-refractivity contribution in [2.75, 3.05) is 14.1 Å². The molecule has 0 N–H and O–H groups in total. The van der Waals surface area contributed by atoms with Crippen LogP contribution in [0.4, 0.5) is 11.4 Å². The Morgan fingerprint density at radius 3 is 2.23 bits per heavy atom. The molecule has 0 aliphatic rings. The first kappa shape index (κ1) is 16.5. The van der Waals surface area contributed by atoms with Crippen molar-refractivity contribution in [1.82, 2.24) is 4.90 Å². The molecule has 0 spiro atoms. The number of hydrogen-bond donors (Lipinski definition) is 0. The molecule has 0 aliphatic heterocycles. The predicted octanol–water partition coefficient (Wildman–Crippen LogP) is 4.70. The molecule has 5 nitrogen and oxygen atoms in total. The van der Waals surface area contributed by atoms with Crippen LogP contribution in [0.5, 0.6) is 0 Å². The van der Waals surface area contributed by atoms with E-state index in [4.69, 9.17) is 0 Å². The number of rotatable bonds is 3. The highest BCUT2D eigenvalue weighted by molar-refractivity contribution is 9.10. The normalized spacial score (nSPS) is 11.3. The van der Waals surface area contributed by atoms with Crippen molar-refractivity contribution in [1.29, 1.82) is 0 Å². The lowest BCUT2D eigenvalue weighted by atomic mass is 10.3.